The minimum Gasteiger partial charge on any atom is -0.394 e. The number of sulfone groups is 1. The Morgan fingerprint density at radius 2 is 1.28 bits per heavy atom. The molecule has 0 aromatic carbocycles. The third-order valence-electron chi connectivity index (χ3n) is 4.87. The van der Waals surface area contributed by atoms with Crippen LogP contribution in [0.15, 0.2) is 0 Å². The average Bonchev–Trinajstić information content (AvgIpc) is 2.84. The first-order chi connectivity index (χ1) is 11.9. The van der Waals surface area contributed by atoms with E-state index in [4.69, 9.17) is 9.84 Å². The summed E-state index contributed by atoms with van der Waals surface area (Å²) in [6.07, 6.45) is 7.03. The lowest BCUT2D eigenvalue weighted by molar-refractivity contribution is -0.0165. The summed E-state index contributed by atoms with van der Waals surface area (Å²) in [4.78, 5) is 0. The van der Waals surface area contributed by atoms with E-state index >= 15 is 0 Å². The van der Waals surface area contributed by atoms with E-state index in [1.807, 2.05) is 0 Å². The van der Waals surface area contributed by atoms with E-state index in [1.54, 1.807) is 0 Å². The summed E-state index contributed by atoms with van der Waals surface area (Å²) < 4.78 is 29.5. The van der Waals surface area contributed by atoms with Gasteiger partial charge in [-0.3, -0.25) is 0 Å². The Morgan fingerprint density at radius 1 is 0.800 bits per heavy atom. The van der Waals surface area contributed by atoms with Crippen molar-refractivity contribution in [3.05, 3.63) is 0 Å². The maximum Gasteiger partial charge on any atom is 0.152 e. The third kappa shape index (κ3) is 8.82. The van der Waals surface area contributed by atoms with Gasteiger partial charge in [0.25, 0.3) is 0 Å². The highest BCUT2D eigenvalue weighted by Crippen LogP contribution is 2.23. The Kier molecular flexibility index (Phi) is 11.2. The lowest BCUT2D eigenvalue weighted by atomic mass is 10.1. The van der Waals surface area contributed by atoms with Gasteiger partial charge >= 0.3 is 0 Å². The highest BCUT2D eigenvalue weighted by Gasteiger charge is 2.43. The highest BCUT2D eigenvalue weighted by atomic mass is 32.2. The molecule has 0 spiro atoms. The number of hydrogen-bond donors (Lipinski definition) is 3. The van der Waals surface area contributed by atoms with E-state index in [9.17, 15) is 18.6 Å². The molecule has 1 rings (SSSR count). The van der Waals surface area contributed by atoms with Crippen molar-refractivity contribution < 1.29 is 28.5 Å². The fraction of sp³-hybridized carbons (Fsp3) is 1.00. The Bertz CT molecular complexity index is 439. The van der Waals surface area contributed by atoms with E-state index in [-0.39, 0.29) is 11.5 Å². The van der Waals surface area contributed by atoms with Crippen LogP contribution < -0.4 is 0 Å². The van der Waals surface area contributed by atoms with E-state index in [0.29, 0.717) is 6.42 Å². The van der Waals surface area contributed by atoms with E-state index in [0.717, 1.165) is 19.3 Å². The summed E-state index contributed by atoms with van der Waals surface area (Å²) in [5.74, 6) is -0.227. The van der Waals surface area contributed by atoms with E-state index in [2.05, 4.69) is 6.92 Å². The average molecular weight is 381 g/mol. The minimum atomic E-state index is -3.34. The van der Waals surface area contributed by atoms with Crippen LogP contribution in [0.5, 0.6) is 0 Å². The molecular weight excluding hydrogens is 344 g/mol. The SMILES string of the molecule is CCCCCCCCCCCCS(=O)(=O)C[C@@H]1O[C@H](CO)[C@@H](O)[C@@H]1O. The molecule has 3 N–H and O–H groups in total. The molecule has 4 atom stereocenters. The van der Waals surface area contributed by atoms with Crippen molar-refractivity contribution >= 4 is 9.84 Å². The van der Waals surface area contributed by atoms with E-state index in [1.165, 1.54) is 38.5 Å². The molecule has 1 saturated heterocycles. The van der Waals surface area contributed by atoms with Gasteiger partial charge < -0.3 is 20.1 Å². The smallest absolute Gasteiger partial charge is 0.152 e. The van der Waals surface area contributed by atoms with Crippen molar-refractivity contribution in [1.29, 1.82) is 0 Å². The zero-order chi connectivity index (χ0) is 18.7. The first kappa shape index (κ1) is 22.8. The lowest BCUT2D eigenvalue weighted by Gasteiger charge is -2.14. The van der Waals surface area contributed by atoms with Gasteiger partial charge in [0.15, 0.2) is 9.84 Å². The highest BCUT2D eigenvalue weighted by molar-refractivity contribution is 7.91. The Morgan fingerprint density at radius 3 is 1.76 bits per heavy atom. The van der Waals surface area contributed by atoms with Gasteiger partial charge in [0.2, 0.25) is 0 Å². The van der Waals surface area contributed by atoms with Crippen LogP contribution in [-0.4, -0.2) is 66.3 Å². The second-order valence-corrected chi connectivity index (χ2v) is 9.40. The largest absolute Gasteiger partial charge is 0.394 e. The monoisotopic (exact) mass is 380 g/mol. The Hall–Kier alpha value is -0.210. The fourth-order valence-corrected chi connectivity index (χ4v) is 4.84. The van der Waals surface area contributed by atoms with Crippen LogP contribution in [0.3, 0.4) is 0 Å². The summed E-state index contributed by atoms with van der Waals surface area (Å²) in [5, 5.41) is 28.5. The van der Waals surface area contributed by atoms with Crippen molar-refractivity contribution in [2.75, 3.05) is 18.1 Å². The molecule has 0 aromatic rings. The number of aliphatic hydroxyl groups is 3. The first-order valence-corrected chi connectivity index (χ1v) is 11.6. The van der Waals surface area contributed by atoms with Gasteiger partial charge in [0.1, 0.15) is 24.4 Å². The van der Waals surface area contributed by atoms with Gasteiger partial charge in [-0.1, -0.05) is 64.7 Å². The molecule has 0 unspecified atom stereocenters. The second kappa shape index (κ2) is 12.2. The summed E-state index contributed by atoms with van der Waals surface area (Å²) >= 11 is 0. The van der Waals surface area contributed by atoms with Crippen LogP contribution in [-0.2, 0) is 14.6 Å². The lowest BCUT2D eigenvalue weighted by Crippen LogP contribution is -2.36. The van der Waals surface area contributed by atoms with E-state index < -0.39 is 40.9 Å². The zero-order valence-electron chi connectivity index (χ0n) is 15.5. The molecule has 25 heavy (non-hydrogen) atoms. The standard InChI is InChI=1S/C18H36O6S/c1-2-3-4-5-6-7-8-9-10-11-12-25(22,23)14-16-18(21)17(20)15(13-19)24-16/h15-21H,2-14H2,1H3/t15-,16+,17-,18-/m1/s1. The van der Waals surface area contributed by atoms with Crippen LogP contribution in [0, 0.1) is 0 Å². The third-order valence-corrected chi connectivity index (χ3v) is 6.62. The Labute approximate surface area is 152 Å². The molecule has 7 heteroatoms. The number of rotatable bonds is 14. The number of ether oxygens (including phenoxy) is 1. The molecule has 0 aromatic heterocycles. The van der Waals surface area contributed by atoms with Gasteiger partial charge in [-0.25, -0.2) is 8.42 Å². The van der Waals surface area contributed by atoms with Crippen molar-refractivity contribution in [3.63, 3.8) is 0 Å². The molecule has 150 valence electrons. The van der Waals surface area contributed by atoms with Crippen molar-refractivity contribution in [1.82, 2.24) is 0 Å². The minimum absolute atomic E-state index is 0.0793. The predicted octanol–water partition coefficient (Wildman–Crippen LogP) is 1.80. The molecule has 1 fully saturated rings. The van der Waals surface area contributed by atoms with Gasteiger partial charge in [-0.2, -0.15) is 0 Å². The fourth-order valence-electron chi connectivity index (χ4n) is 3.26. The van der Waals surface area contributed by atoms with Gasteiger partial charge in [0, 0.05) is 0 Å². The molecular formula is C18H36O6S. The van der Waals surface area contributed by atoms with Crippen molar-refractivity contribution in [2.45, 2.75) is 95.5 Å². The maximum absolute atomic E-state index is 12.1. The first-order valence-electron chi connectivity index (χ1n) is 9.74. The summed E-state index contributed by atoms with van der Waals surface area (Å²) in [6, 6.07) is 0. The number of hydrogen-bond acceptors (Lipinski definition) is 6. The maximum atomic E-state index is 12.1. The van der Waals surface area contributed by atoms with Crippen LogP contribution in [0.4, 0.5) is 0 Å². The molecule has 1 heterocycles. The molecule has 0 radical (unpaired) electrons. The molecule has 0 saturated carbocycles. The molecule has 1 aliphatic rings. The summed E-state index contributed by atoms with van der Waals surface area (Å²) in [7, 11) is -3.34. The zero-order valence-corrected chi connectivity index (χ0v) is 16.3. The Balaban J connectivity index is 2.12. The molecule has 0 aliphatic carbocycles. The quantitative estimate of drug-likeness (QED) is 0.397. The number of unbranched alkanes of at least 4 members (excludes halogenated alkanes) is 9. The molecule has 1 aliphatic heterocycles. The molecule has 0 amide bonds. The van der Waals surface area contributed by atoms with Gasteiger partial charge in [-0.05, 0) is 6.42 Å². The summed E-state index contributed by atoms with van der Waals surface area (Å²) in [5.41, 5.74) is 0. The second-order valence-electron chi connectivity index (χ2n) is 7.17. The van der Waals surface area contributed by atoms with Crippen LogP contribution >= 0.6 is 0 Å². The van der Waals surface area contributed by atoms with Crippen molar-refractivity contribution in [2.24, 2.45) is 0 Å². The molecule has 6 nitrogen and oxygen atoms in total. The van der Waals surface area contributed by atoms with Gasteiger partial charge in [-0.15, -0.1) is 0 Å². The van der Waals surface area contributed by atoms with Crippen LogP contribution in [0.2, 0.25) is 0 Å². The van der Waals surface area contributed by atoms with Crippen LogP contribution in [0.1, 0.15) is 71.1 Å². The van der Waals surface area contributed by atoms with Gasteiger partial charge in [0.05, 0.1) is 18.1 Å². The van der Waals surface area contributed by atoms with Crippen molar-refractivity contribution in [3.8, 4) is 0 Å². The van der Waals surface area contributed by atoms with Crippen LogP contribution in [0.25, 0.3) is 0 Å². The molecule has 0 bridgehead atoms. The topological polar surface area (TPSA) is 104 Å². The predicted molar refractivity (Wildman–Crippen MR) is 98.3 cm³/mol. The number of aliphatic hydroxyl groups excluding tert-OH is 3. The summed E-state index contributed by atoms with van der Waals surface area (Å²) in [6.45, 7) is 1.77. The normalized spacial score (nSPS) is 27.0.